The number of nitrogens with zero attached hydrogens (tertiary/aromatic N) is 1. The van der Waals surface area contributed by atoms with Crippen LogP contribution in [-0.2, 0) is 31.3 Å². The van der Waals surface area contributed by atoms with Crippen LogP contribution in [0.15, 0.2) is 36.4 Å². The van der Waals surface area contributed by atoms with Crippen LogP contribution in [0.5, 0.6) is 11.5 Å². The maximum Gasteiger partial charge on any atom is 0.250 e. The molecule has 2 saturated heterocycles. The molecule has 0 aliphatic carbocycles. The van der Waals surface area contributed by atoms with E-state index in [-0.39, 0.29) is 19.8 Å². The van der Waals surface area contributed by atoms with Gasteiger partial charge in [-0.2, -0.15) is 0 Å². The normalized spacial score (nSPS) is 28.4. The Bertz CT molecular complexity index is 1300. The molecule has 6 rings (SSSR count). The van der Waals surface area contributed by atoms with E-state index in [0.717, 1.165) is 4.90 Å². The summed E-state index contributed by atoms with van der Waals surface area (Å²) in [5.41, 5.74) is 5.43. The van der Waals surface area contributed by atoms with Gasteiger partial charge in [0.1, 0.15) is 5.54 Å². The fourth-order valence-electron chi connectivity index (χ4n) is 5.62. The van der Waals surface area contributed by atoms with E-state index >= 15 is 0 Å². The number of likely N-dealkylation sites (tertiary alicyclic amines) is 1. The van der Waals surface area contributed by atoms with Crippen molar-refractivity contribution >= 4 is 40.9 Å². The molecular formula is C23H19ClN4O6. The summed E-state index contributed by atoms with van der Waals surface area (Å²) in [6.07, 6.45) is -0.205. The highest BCUT2D eigenvalue weighted by atomic mass is 35.5. The number of amides is 4. The number of imide groups is 1. The molecule has 2 aromatic rings. The maximum atomic E-state index is 13.7. The van der Waals surface area contributed by atoms with E-state index in [1.807, 2.05) is 0 Å². The lowest BCUT2D eigenvalue weighted by molar-refractivity contribution is -0.143. The van der Waals surface area contributed by atoms with E-state index in [9.17, 15) is 19.2 Å². The summed E-state index contributed by atoms with van der Waals surface area (Å²) in [4.78, 5) is 53.6. The number of fused-ring (bicyclic) bond motifs is 5. The Labute approximate surface area is 198 Å². The number of hydrogen-bond donors (Lipinski definition) is 3. The van der Waals surface area contributed by atoms with Gasteiger partial charge >= 0.3 is 0 Å². The van der Waals surface area contributed by atoms with Crippen molar-refractivity contribution in [3.05, 3.63) is 52.5 Å². The van der Waals surface area contributed by atoms with Gasteiger partial charge in [0, 0.05) is 18.0 Å². The van der Waals surface area contributed by atoms with Gasteiger partial charge in [-0.1, -0.05) is 29.8 Å². The number of anilines is 1. The van der Waals surface area contributed by atoms with E-state index in [4.69, 9.17) is 26.8 Å². The van der Waals surface area contributed by atoms with Gasteiger partial charge in [0.15, 0.2) is 11.5 Å². The fraction of sp³-hybridized carbons (Fsp3) is 0.304. The van der Waals surface area contributed by atoms with Gasteiger partial charge in [-0.05, 0) is 23.8 Å². The zero-order valence-corrected chi connectivity index (χ0v) is 18.4. The minimum atomic E-state index is -1.54. The second kappa shape index (κ2) is 7.18. The number of para-hydroxylation sites is 1. The summed E-state index contributed by atoms with van der Waals surface area (Å²) in [6.45, 7) is 0.0925. The number of ether oxygens (including phenoxy) is 2. The third kappa shape index (κ3) is 2.72. The van der Waals surface area contributed by atoms with Gasteiger partial charge in [-0.15, -0.1) is 0 Å². The smallest absolute Gasteiger partial charge is 0.250 e. The largest absolute Gasteiger partial charge is 0.454 e. The highest BCUT2D eigenvalue weighted by Crippen LogP contribution is 2.54. The Kier molecular flexibility index (Phi) is 4.42. The summed E-state index contributed by atoms with van der Waals surface area (Å²) in [7, 11) is 0. The Morgan fingerprint density at radius 2 is 1.94 bits per heavy atom. The molecule has 0 aromatic heterocycles. The Morgan fingerprint density at radius 1 is 1.15 bits per heavy atom. The predicted molar refractivity (Wildman–Crippen MR) is 118 cm³/mol. The van der Waals surface area contributed by atoms with Crippen LogP contribution in [0.3, 0.4) is 0 Å². The number of carbonyl (C=O) groups excluding carboxylic acids is 4. The summed E-state index contributed by atoms with van der Waals surface area (Å²) < 4.78 is 10.7. The van der Waals surface area contributed by atoms with E-state index in [2.05, 4.69) is 10.6 Å². The SMILES string of the molecule is NC(=O)CC1NC2(C(=O)Nc3c(Cl)cccc32)[C@@H]2C(=O)N(Cc3ccc4c(c3)OCO4)C(=O)[C@H]12. The average Bonchev–Trinajstić information content (AvgIpc) is 3.51. The van der Waals surface area contributed by atoms with Crippen molar-refractivity contribution in [2.45, 2.75) is 24.5 Å². The quantitative estimate of drug-likeness (QED) is 0.549. The number of halogens is 1. The summed E-state index contributed by atoms with van der Waals surface area (Å²) in [5.74, 6) is -3.00. The van der Waals surface area contributed by atoms with Crippen molar-refractivity contribution < 1.29 is 28.7 Å². The molecule has 4 aliphatic heterocycles. The zero-order valence-electron chi connectivity index (χ0n) is 17.7. The van der Waals surface area contributed by atoms with Gasteiger partial charge in [0.05, 0.1) is 29.1 Å². The predicted octanol–water partition coefficient (Wildman–Crippen LogP) is 0.865. The Hall–Kier alpha value is -3.63. The van der Waals surface area contributed by atoms with Crippen molar-refractivity contribution in [3.63, 3.8) is 0 Å². The third-order valence-corrected chi connectivity index (χ3v) is 7.30. The minimum absolute atomic E-state index is 0.00923. The van der Waals surface area contributed by atoms with Crippen molar-refractivity contribution in [1.82, 2.24) is 10.2 Å². The highest BCUT2D eigenvalue weighted by molar-refractivity contribution is 6.35. The lowest BCUT2D eigenvalue weighted by Gasteiger charge is -2.29. The van der Waals surface area contributed by atoms with Crippen LogP contribution in [0.25, 0.3) is 0 Å². The first-order valence-electron chi connectivity index (χ1n) is 10.7. The first kappa shape index (κ1) is 20.9. The van der Waals surface area contributed by atoms with E-state index < -0.39 is 47.0 Å². The molecule has 4 amide bonds. The number of benzene rings is 2. The molecule has 1 spiro atoms. The topological polar surface area (TPSA) is 140 Å². The number of carbonyl (C=O) groups is 4. The molecule has 4 heterocycles. The molecule has 4 N–H and O–H groups in total. The van der Waals surface area contributed by atoms with Gasteiger partial charge < -0.3 is 20.5 Å². The second-order valence-corrected chi connectivity index (χ2v) is 9.21. The van der Waals surface area contributed by atoms with Crippen LogP contribution in [0.2, 0.25) is 5.02 Å². The molecule has 0 radical (unpaired) electrons. The molecule has 4 atom stereocenters. The lowest BCUT2D eigenvalue weighted by Crippen LogP contribution is -2.53. The zero-order chi connectivity index (χ0) is 23.8. The molecule has 174 valence electrons. The standard InChI is InChI=1S/C23H19ClN4O6/c24-12-3-1-2-11-19(12)26-22(32)23(11)18-17(13(27-23)7-16(25)29)20(30)28(21(18)31)8-10-4-5-14-15(6-10)34-9-33-14/h1-6,13,17-18,27H,7-9H2,(H2,25,29)(H,26,32)/t13?,17-,18+,23?/m1/s1. The Balaban J connectivity index is 1.42. The second-order valence-electron chi connectivity index (χ2n) is 8.80. The van der Waals surface area contributed by atoms with Crippen LogP contribution < -0.4 is 25.8 Å². The molecule has 10 nitrogen and oxygen atoms in total. The number of primary amides is 1. The molecule has 4 aliphatic rings. The molecule has 2 fully saturated rings. The average molecular weight is 483 g/mol. The van der Waals surface area contributed by atoms with Crippen LogP contribution in [0, 0.1) is 11.8 Å². The highest BCUT2D eigenvalue weighted by Gasteiger charge is 2.70. The Morgan fingerprint density at radius 3 is 2.74 bits per heavy atom. The van der Waals surface area contributed by atoms with Crippen LogP contribution in [0.4, 0.5) is 5.69 Å². The number of nitrogens with one attached hydrogen (secondary N) is 2. The van der Waals surface area contributed by atoms with Crippen molar-refractivity contribution in [2.75, 3.05) is 12.1 Å². The minimum Gasteiger partial charge on any atom is -0.454 e. The summed E-state index contributed by atoms with van der Waals surface area (Å²) in [6, 6.07) is 9.36. The van der Waals surface area contributed by atoms with Crippen molar-refractivity contribution in [2.24, 2.45) is 17.6 Å². The lowest BCUT2D eigenvalue weighted by atomic mass is 9.76. The molecule has 34 heavy (non-hydrogen) atoms. The third-order valence-electron chi connectivity index (χ3n) is 6.99. The summed E-state index contributed by atoms with van der Waals surface area (Å²) in [5, 5.41) is 6.20. The molecule has 0 saturated carbocycles. The van der Waals surface area contributed by atoms with Gasteiger partial charge in [0.2, 0.25) is 30.4 Å². The van der Waals surface area contributed by atoms with Crippen LogP contribution in [-0.4, -0.2) is 41.4 Å². The molecule has 2 aromatic carbocycles. The first-order valence-corrected chi connectivity index (χ1v) is 11.1. The van der Waals surface area contributed by atoms with Crippen LogP contribution in [0.1, 0.15) is 17.5 Å². The molecular weight excluding hydrogens is 464 g/mol. The van der Waals surface area contributed by atoms with E-state index in [0.29, 0.717) is 33.3 Å². The van der Waals surface area contributed by atoms with Gasteiger partial charge in [-0.25, -0.2) is 0 Å². The monoisotopic (exact) mass is 482 g/mol. The fourth-order valence-corrected chi connectivity index (χ4v) is 5.84. The van der Waals surface area contributed by atoms with Crippen molar-refractivity contribution in [3.8, 4) is 11.5 Å². The van der Waals surface area contributed by atoms with Crippen LogP contribution >= 0.6 is 11.6 Å². The molecule has 0 bridgehead atoms. The summed E-state index contributed by atoms with van der Waals surface area (Å²) >= 11 is 6.31. The number of rotatable bonds is 4. The van der Waals surface area contributed by atoms with Gasteiger partial charge in [0.25, 0.3) is 0 Å². The van der Waals surface area contributed by atoms with Gasteiger partial charge in [-0.3, -0.25) is 29.4 Å². The van der Waals surface area contributed by atoms with Crippen molar-refractivity contribution in [1.29, 1.82) is 0 Å². The maximum absolute atomic E-state index is 13.7. The first-order chi connectivity index (χ1) is 16.3. The molecule has 2 unspecified atom stereocenters. The van der Waals surface area contributed by atoms with E-state index in [1.54, 1.807) is 36.4 Å². The number of nitrogens with two attached hydrogens (primary N) is 1. The number of hydrogen-bond acceptors (Lipinski definition) is 7. The van der Waals surface area contributed by atoms with E-state index in [1.165, 1.54) is 0 Å². The molecule has 11 heteroatoms.